The number of benzene rings is 2. The normalized spacial score (nSPS) is 25.8. The zero-order valence-corrected chi connectivity index (χ0v) is 24.7. The third kappa shape index (κ3) is 4.18. The number of esters is 2. The van der Waals surface area contributed by atoms with Crippen LogP contribution >= 0.6 is 0 Å². The summed E-state index contributed by atoms with van der Waals surface area (Å²) in [4.78, 5) is 71.0. The van der Waals surface area contributed by atoms with E-state index in [1.165, 1.54) is 0 Å². The number of nitrogens with zero attached hydrogens (tertiary/aromatic N) is 1. The Labute approximate surface area is 244 Å². The average Bonchev–Trinajstić information content (AvgIpc) is 3.45. The Morgan fingerprint density at radius 1 is 1.00 bits per heavy atom. The first-order valence-corrected chi connectivity index (χ1v) is 14.2. The molecule has 2 spiro atoms. The second-order valence-electron chi connectivity index (χ2n) is 12.1. The van der Waals surface area contributed by atoms with Gasteiger partial charge < -0.3 is 19.5 Å². The Morgan fingerprint density at radius 3 is 2.36 bits per heavy atom. The number of aryl methyl sites for hydroxylation is 1. The molecule has 0 aromatic heterocycles. The van der Waals surface area contributed by atoms with Crippen LogP contribution in [0.25, 0.3) is 0 Å². The van der Waals surface area contributed by atoms with Gasteiger partial charge in [0.1, 0.15) is 5.60 Å². The number of rotatable bonds is 5. The molecule has 1 saturated carbocycles. The molecule has 5 rings (SSSR count). The molecule has 0 bridgehead atoms. The maximum Gasteiger partial charge on any atom is 0.421 e. The molecule has 3 aliphatic rings. The van der Waals surface area contributed by atoms with Crippen molar-refractivity contribution in [3.05, 3.63) is 59.2 Å². The van der Waals surface area contributed by atoms with Crippen molar-refractivity contribution in [2.24, 2.45) is 11.8 Å². The lowest BCUT2D eigenvalue weighted by Crippen LogP contribution is -2.56. The van der Waals surface area contributed by atoms with Gasteiger partial charge in [-0.15, -0.1) is 0 Å². The van der Waals surface area contributed by atoms with Gasteiger partial charge in [-0.05, 0) is 77.1 Å². The Bertz CT molecular complexity index is 1490. The lowest BCUT2D eigenvalue weighted by molar-refractivity contribution is -0.157. The minimum absolute atomic E-state index is 0.00204. The molecule has 0 radical (unpaired) electrons. The third-order valence-electron chi connectivity index (χ3n) is 8.43. The quantitative estimate of drug-likeness (QED) is 0.405. The third-order valence-corrected chi connectivity index (χ3v) is 8.43. The number of carbonyl (C=O) groups excluding carboxylic acids is 5. The van der Waals surface area contributed by atoms with Crippen molar-refractivity contribution in [3.8, 4) is 0 Å². The first kappa shape index (κ1) is 29.3. The van der Waals surface area contributed by atoms with Crippen molar-refractivity contribution in [2.45, 2.75) is 70.8 Å². The Hall–Kier alpha value is -4.21. The molecule has 10 nitrogen and oxygen atoms in total. The maximum atomic E-state index is 15.0. The largest absolute Gasteiger partial charge is 0.466 e. The molecule has 1 fully saturated rings. The summed E-state index contributed by atoms with van der Waals surface area (Å²) in [6, 6.07) is 12.2. The average molecular weight is 577 g/mol. The lowest BCUT2D eigenvalue weighted by atomic mass is 9.62. The van der Waals surface area contributed by atoms with Gasteiger partial charge in [-0.2, -0.15) is 0 Å². The number of carbonyl (C=O) groups is 5. The number of ether oxygens (including phenoxy) is 3. The van der Waals surface area contributed by atoms with Crippen molar-refractivity contribution >= 4 is 41.2 Å². The number of imide groups is 1. The van der Waals surface area contributed by atoms with Crippen molar-refractivity contribution in [1.82, 2.24) is 0 Å². The van der Waals surface area contributed by atoms with Gasteiger partial charge in [-0.1, -0.05) is 35.9 Å². The van der Waals surface area contributed by atoms with Crippen molar-refractivity contribution < 1.29 is 38.2 Å². The number of nitrogens with one attached hydrogen (secondary N) is 1. The van der Waals surface area contributed by atoms with E-state index in [1.54, 1.807) is 77.1 Å². The Morgan fingerprint density at radius 2 is 1.69 bits per heavy atom. The summed E-state index contributed by atoms with van der Waals surface area (Å²) >= 11 is 0. The van der Waals surface area contributed by atoms with E-state index < -0.39 is 58.1 Å². The molecular formula is C32H36N2O8. The number of fused-ring (bicyclic) bond motifs is 4. The van der Waals surface area contributed by atoms with Gasteiger partial charge in [0.15, 0.2) is 0 Å². The lowest BCUT2D eigenvalue weighted by Gasteiger charge is -2.37. The van der Waals surface area contributed by atoms with E-state index >= 15 is 0 Å². The van der Waals surface area contributed by atoms with Crippen LogP contribution in [-0.4, -0.2) is 48.7 Å². The number of hydrogen-bond acceptors (Lipinski definition) is 8. The van der Waals surface area contributed by atoms with Gasteiger partial charge in [-0.25, -0.2) is 9.69 Å². The molecule has 1 N–H and O–H groups in total. The number of anilines is 2. The van der Waals surface area contributed by atoms with Gasteiger partial charge in [-0.3, -0.25) is 19.2 Å². The van der Waals surface area contributed by atoms with Gasteiger partial charge in [0.05, 0.1) is 35.6 Å². The minimum Gasteiger partial charge on any atom is -0.466 e. The fraction of sp³-hybridized carbons (Fsp3) is 0.469. The molecule has 2 heterocycles. The van der Waals surface area contributed by atoms with Crippen LogP contribution in [0.4, 0.5) is 16.2 Å². The van der Waals surface area contributed by atoms with Crippen LogP contribution in [0.1, 0.15) is 64.2 Å². The first-order valence-electron chi connectivity index (χ1n) is 14.2. The van der Waals surface area contributed by atoms with Crippen LogP contribution in [0.15, 0.2) is 42.5 Å². The van der Waals surface area contributed by atoms with Crippen LogP contribution in [0, 0.1) is 18.8 Å². The highest BCUT2D eigenvalue weighted by Gasteiger charge is 2.77. The zero-order valence-electron chi connectivity index (χ0n) is 24.7. The second kappa shape index (κ2) is 10.3. The summed E-state index contributed by atoms with van der Waals surface area (Å²) in [6.07, 6.45) is -1.20. The standard InChI is InChI=1S/C32H36N2O8/c1-7-40-24(35)16-19-17-31(20-11-9-10-12-22(20)33-27(31)37)25(26(36)41-8-2)32(19)21-15-18(3)13-14-23(21)34(28(32)38)29(39)42-30(4,5)6/h9-15,19,25H,7-8,16-17H2,1-6H3,(H,33,37)/t19-,25-,31-,32-/m1/s1. The van der Waals surface area contributed by atoms with Crippen LogP contribution in [0.5, 0.6) is 0 Å². The highest BCUT2D eigenvalue weighted by Crippen LogP contribution is 2.67. The molecule has 2 aromatic rings. The van der Waals surface area contributed by atoms with Gasteiger partial charge >= 0.3 is 18.0 Å². The van der Waals surface area contributed by atoms with Crippen LogP contribution in [0.3, 0.4) is 0 Å². The minimum atomic E-state index is -1.81. The summed E-state index contributed by atoms with van der Waals surface area (Å²) in [5.41, 5.74) is -1.86. The molecule has 10 heteroatoms. The molecule has 42 heavy (non-hydrogen) atoms. The van der Waals surface area contributed by atoms with E-state index in [1.807, 2.05) is 6.92 Å². The topological polar surface area (TPSA) is 128 Å². The molecule has 4 atom stereocenters. The van der Waals surface area contributed by atoms with Crippen molar-refractivity contribution in [2.75, 3.05) is 23.4 Å². The predicted molar refractivity (Wildman–Crippen MR) is 153 cm³/mol. The van der Waals surface area contributed by atoms with E-state index in [0.717, 1.165) is 10.5 Å². The van der Waals surface area contributed by atoms with E-state index in [2.05, 4.69) is 5.32 Å². The molecule has 222 valence electrons. The van der Waals surface area contributed by atoms with E-state index in [-0.39, 0.29) is 31.7 Å². The number of para-hydroxylation sites is 1. The van der Waals surface area contributed by atoms with Crippen LogP contribution in [0.2, 0.25) is 0 Å². The van der Waals surface area contributed by atoms with Crippen LogP contribution in [-0.2, 0) is 44.2 Å². The molecule has 0 saturated heterocycles. The predicted octanol–water partition coefficient (Wildman–Crippen LogP) is 4.56. The molecule has 1 aliphatic carbocycles. The summed E-state index contributed by atoms with van der Waals surface area (Å²) < 4.78 is 16.6. The molecule has 0 unspecified atom stereocenters. The van der Waals surface area contributed by atoms with Crippen molar-refractivity contribution in [3.63, 3.8) is 0 Å². The summed E-state index contributed by atoms with van der Waals surface area (Å²) in [7, 11) is 0. The summed E-state index contributed by atoms with van der Waals surface area (Å²) in [5.74, 6) is -4.84. The van der Waals surface area contributed by atoms with E-state index in [0.29, 0.717) is 16.8 Å². The fourth-order valence-electron chi connectivity index (χ4n) is 7.13. The van der Waals surface area contributed by atoms with E-state index in [4.69, 9.17) is 14.2 Å². The van der Waals surface area contributed by atoms with Crippen molar-refractivity contribution in [1.29, 1.82) is 0 Å². The van der Waals surface area contributed by atoms with Crippen LogP contribution < -0.4 is 10.2 Å². The number of hydrogen-bond donors (Lipinski definition) is 1. The summed E-state index contributed by atoms with van der Waals surface area (Å²) in [6.45, 7) is 10.3. The highest BCUT2D eigenvalue weighted by atomic mass is 16.6. The molecule has 3 amide bonds. The first-order chi connectivity index (χ1) is 19.8. The molecule has 2 aliphatic heterocycles. The SMILES string of the molecule is CCOC(=O)C[C@@H]1C[C@]2(C(=O)Nc3ccccc32)[C@@H](C(=O)OCC)[C@@]12C(=O)N(C(=O)OC(C)(C)C)c1ccc(C)cc12. The smallest absolute Gasteiger partial charge is 0.421 e. The number of amides is 3. The van der Waals surface area contributed by atoms with E-state index in [9.17, 15) is 24.0 Å². The second-order valence-corrected chi connectivity index (χ2v) is 12.1. The highest BCUT2D eigenvalue weighted by molar-refractivity contribution is 6.24. The molecular weight excluding hydrogens is 540 g/mol. The van der Waals surface area contributed by atoms with Gasteiger partial charge in [0.25, 0.3) is 0 Å². The Balaban J connectivity index is 1.84. The fourth-order valence-corrected chi connectivity index (χ4v) is 7.13. The monoisotopic (exact) mass is 576 g/mol. The molecule has 2 aromatic carbocycles. The summed E-state index contributed by atoms with van der Waals surface area (Å²) in [5, 5.41) is 2.90. The Kier molecular flexibility index (Phi) is 7.15. The maximum absolute atomic E-state index is 15.0. The van der Waals surface area contributed by atoms with Gasteiger partial charge in [0.2, 0.25) is 11.8 Å². The van der Waals surface area contributed by atoms with Gasteiger partial charge in [0, 0.05) is 12.1 Å². The zero-order chi connectivity index (χ0) is 30.6.